The van der Waals surface area contributed by atoms with E-state index >= 15 is 0 Å². The van der Waals surface area contributed by atoms with E-state index in [1.807, 2.05) is 91.0 Å². The number of anilines is 2. The fourth-order valence-electron chi connectivity index (χ4n) is 4.19. The lowest BCUT2D eigenvalue weighted by molar-refractivity contribution is -0.114. The Morgan fingerprint density at radius 1 is 0.683 bits per heavy atom. The Labute approximate surface area is 242 Å². The number of rotatable bonds is 9. The topological polar surface area (TPSA) is 87.3 Å². The summed E-state index contributed by atoms with van der Waals surface area (Å²) in [5.41, 5.74) is 2.64. The highest BCUT2D eigenvalue weighted by molar-refractivity contribution is 8.00. The van der Waals surface area contributed by atoms with Gasteiger partial charge in [0.25, 0.3) is 11.8 Å². The van der Waals surface area contributed by atoms with Crippen LogP contribution < -0.4 is 16.0 Å². The first-order valence-corrected chi connectivity index (χ1v) is 14.0. The number of hydrogen-bond donors (Lipinski definition) is 3. The summed E-state index contributed by atoms with van der Waals surface area (Å²) in [6.45, 7) is 0. The van der Waals surface area contributed by atoms with Gasteiger partial charge in [0.15, 0.2) is 0 Å². The molecule has 0 aliphatic heterocycles. The molecule has 0 spiro atoms. The number of thioether (sulfide) groups is 1. The van der Waals surface area contributed by atoms with Gasteiger partial charge in [-0.25, -0.2) is 0 Å². The molecule has 0 radical (unpaired) electrons. The lowest BCUT2D eigenvalue weighted by atomic mass is 10.1. The largest absolute Gasteiger partial charge is 0.325 e. The Hall–Kier alpha value is -5.14. The van der Waals surface area contributed by atoms with Crippen LogP contribution in [0.15, 0.2) is 138 Å². The summed E-state index contributed by atoms with van der Waals surface area (Å²) in [4.78, 5) is 39.7. The van der Waals surface area contributed by atoms with Gasteiger partial charge in [-0.1, -0.05) is 91.0 Å². The van der Waals surface area contributed by atoms with Crippen molar-refractivity contribution in [2.45, 2.75) is 4.90 Å². The summed E-state index contributed by atoms with van der Waals surface area (Å²) in [5.74, 6) is -0.775. The van der Waals surface area contributed by atoms with Gasteiger partial charge in [0.1, 0.15) is 5.70 Å². The molecule has 0 atom stereocenters. The molecule has 5 aromatic carbocycles. The first-order chi connectivity index (χ1) is 20.0. The molecule has 0 fully saturated rings. The Morgan fingerprint density at radius 2 is 1.37 bits per heavy atom. The lowest BCUT2D eigenvalue weighted by Gasteiger charge is -2.12. The molecule has 0 aliphatic carbocycles. The highest BCUT2D eigenvalue weighted by Gasteiger charge is 2.15. The van der Waals surface area contributed by atoms with Crippen molar-refractivity contribution in [1.82, 2.24) is 5.32 Å². The third-order valence-electron chi connectivity index (χ3n) is 6.16. The number of benzene rings is 5. The van der Waals surface area contributed by atoms with Gasteiger partial charge in [-0.15, -0.1) is 11.8 Å². The maximum atomic E-state index is 13.3. The van der Waals surface area contributed by atoms with Gasteiger partial charge in [-0.3, -0.25) is 14.4 Å². The molecule has 0 bridgehead atoms. The third-order valence-corrected chi connectivity index (χ3v) is 7.16. The van der Waals surface area contributed by atoms with Crippen molar-refractivity contribution in [3.63, 3.8) is 0 Å². The first-order valence-electron chi connectivity index (χ1n) is 13.0. The van der Waals surface area contributed by atoms with Gasteiger partial charge in [-0.2, -0.15) is 0 Å². The van der Waals surface area contributed by atoms with E-state index in [-0.39, 0.29) is 23.3 Å². The molecule has 6 nitrogen and oxygen atoms in total. The average molecular weight is 558 g/mol. The monoisotopic (exact) mass is 557 g/mol. The van der Waals surface area contributed by atoms with Crippen molar-refractivity contribution in [3.8, 4) is 0 Å². The smallest absolute Gasteiger partial charge is 0.272 e. The quantitative estimate of drug-likeness (QED) is 0.135. The Balaban J connectivity index is 1.25. The summed E-state index contributed by atoms with van der Waals surface area (Å²) < 4.78 is 0. The first kappa shape index (κ1) is 27.4. The second-order valence-electron chi connectivity index (χ2n) is 9.13. The molecule has 5 rings (SSSR count). The van der Waals surface area contributed by atoms with Crippen molar-refractivity contribution in [3.05, 3.63) is 144 Å². The van der Waals surface area contributed by atoms with Crippen molar-refractivity contribution in [2.24, 2.45) is 0 Å². The van der Waals surface area contributed by atoms with Crippen LogP contribution in [0, 0.1) is 0 Å². The summed E-state index contributed by atoms with van der Waals surface area (Å²) in [7, 11) is 0. The van der Waals surface area contributed by atoms with Gasteiger partial charge in [-0.05, 0) is 53.4 Å². The minimum Gasteiger partial charge on any atom is -0.325 e. The normalized spacial score (nSPS) is 11.1. The summed E-state index contributed by atoms with van der Waals surface area (Å²) in [6, 6.07) is 39.0. The van der Waals surface area contributed by atoms with E-state index in [2.05, 4.69) is 16.0 Å². The van der Waals surface area contributed by atoms with E-state index in [1.165, 1.54) is 11.8 Å². The Bertz CT molecular complexity index is 1710. The van der Waals surface area contributed by atoms with Crippen molar-refractivity contribution in [1.29, 1.82) is 0 Å². The van der Waals surface area contributed by atoms with E-state index in [1.54, 1.807) is 42.5 Å². The van der Waals surface area contributed by atoms with Crippen molar-refractivity contribution in [2.75, 3.05) is 16.4 Å². The van der Waals surface area contributed by atoms with E-state index in [9.17, 15) is 14.4 Å². The van der Waals surface area contributed by atoms with Crippen molar-refractivity contribution >= 4 is 57.7 Å². The van der Waals surface area contributed by atoms with Crippen LogP contribution in [0.3, 0.4) is 0 Å². The minimum atomic E-state index is -0.464. The van der Waals surface area contributed by atoms with Crippen LogP contribution >= 0.6 is 11.8 Å². The molecule has 0 heterocycles. The fraction of sp³-hybridized carbons (Fsp3) is 0.0294. The van der Waals surface area contributed by atoms with E-state index in [0.29, 0.717) is 11.3 Å². The highest BCUT2D eigenvalue weighted by atomic mass is 32.2. The summed E-state index contributed by atoms with van der Waals surface area (Å²) in [5, 5.41) is 10.7. The van der Waals surface area contributed by atoms with E-state index < -0.39 is 5.91 Å². The molecular formula is C34H27N3O3S. The van der Waals surface area contributed by atoms with Crippen LogP contribution in [0.5, 0.6) is 0 Å². The van der Waals surface area contributed by atoms with E-state index in [0.717, 1.165) is 26.9 Å². The molecule has 7 heteroatoms. The van der Waals surface area contributed by atoms with Crippen LogP contribution in [-0.2, 0) is 9.59 Å². The third kappa shape index (κ3) is 7.50. The molecule has 0 saturated carbocycles. The molecule has 5 aromatic rings. The maximum absolute atomic E-state index is 13.3. The highest BCUT2D eigenvalue weighted by Crippen LogP contribution is 2.25. The number of nitrogens with one attached hydrogen (secondary N) is 3. The Morgan fingerprint density at radius 3 is 2.17 bits per heavy atom. The summed E-state index contributed by atoms with van der Waals surface area (Å²) in [6.07, 6.45) is 1.63. The predicted molar refractivity (Wildman–Crippen MR) is 167 cm³/mol. The molecule has 0 saturated heterocycles. The molecular weight excluding hydrogens is 530 g/mol. The van der Waals surface area contributed by atoms with Crippen LogP contribution in [0.4, 0.5) is 11.4 Å². The van der Waals surface area contributed by atoms with Crippen molar-refractivity contribution < 1.29 is 14.4 Å². The van der Waals surface area contributed by atoms with Gasteiger partial charge in [0.2, 0.25) is 5.91 Å². The van der Waals surface area contributed by atoms with Gasteiger partial charge in [0.05, 0.1) is 5.75 Å². The Kier molecular flexibility index (Phi) is 8.88. The molecule has 3 amide bonds. The lowest BCUT2D eigenvalue weighted by Crippen LogP contribution is -2.30. The summed E-state index contributed by atoms with van der Waals surface area (Å²) >= 11 is 1.37. The average Bonchev–Trinajstić information content (AvgIpc) is 3.01. The number of carbonyl (C=O) groups excluding carboxylic acids is 3. The second kappa shape index (κ2) is 13.3. The number of amides is 3. The zero-order valence-electron chi connectivity index (χ0n) is 22.0. The maximum Gasteiger partial charge on any atom is 0.272 e. The molecule has 0 aliphatic rings. The van der Waals surface area contributed by atoms with Crippen LogP contribution in [0.25, 0.3) is 16.8 Å². The van der Waals surface area contributed by atoms with Crippen LogP contribution in [0.1, 0.15) is 15.9 Å². The molecule has 0 aromatic heterocycles. The van der Waals surface area contributed by atoms with Gasteiger partial charge in [0, 0.05) is 27.2 Å². The number of hydrogen-bond acceptors (Lipinski definition) is 4. The number of fused-ring (bicyclic) bond motifs is 1. The predicted octanol–water partition coefficient (Wildman–Crippen LogP) is 6.98. The number of carbonyl (C=O) groups is 3. The second-order valence-corrected chi connectivity index (χ2v) is 10.2. The minimum absolute atomic E-state index is 0.109. The standard InChI is InChI=1S/C34H27N3O3S/c38-32(36-30-20-9-16-25-13-7-8-19-29(25)30)23-41-28-18-10-17-27(22-28)35-34(40)31(21-24-11-3-1-4-12-24)37-33(39)26-14-5-2-6-15-26/h1-22H,23H2,(H,35,40)(H,36,38)(H,37,39)/b31-21-. The molecule has 3 N–H and O–H groups in total. The zero-order valence-corrected chi connectivity index (χ0v) is 22.9. The SMILES string of the molecule is O=C(CSc1cccc(NC(=O)/C(=C/c2ccccc2)NC(=O)c2ccccc2)c1)Nc1cccc2ccccc12. The fourth-order valence-corrected chi connectivity index (χ4v) is 4.95. The molecule has 202 valence electrons. The van der Waals surface area contributed by atoms with Crippen LogP contribution in [-0.4, -0.2) is 23.5 Å². The van der Waals surface area contributed by atoms with E-state index in [4.69, 9.17) is 0 Å². The molecule has 41 heavy (non-hydrogen) atoms. The molecule has 0 unspecified atom stereocenters. The van der Waals surface area contributed by atoms with Gasteiger partial charge < -0.3 is 16.0 Å². The van der Waals surface area contributed by atoms with Crippen LogP contribution in [0.2, 0.25) is 0 Å². The van der Waals surface area contributed by atoms with Gasteiger partial charge >= 0.3 is 0 Å². The zero-order chi connectivity index (χ0) is 28.4.